The first-order valence-corrected chi connectivity index (χ1v) is 12.2. The molecule has 0 heterocycles. The number of hydrogen-bond acceptors (Lipinski definition) is 4. The third-order valence-corrected chi connectivity index (χ3v) is 6.63. The predicted molar refractivity (Wildman–Crippen MR) is 140 cm³/mol. The Morgan fingerprint density at radius 1 is 0.861 bits per heavy atom. The number of carbonyl (C=O) groups excluding carboxylic acids is 2. The third kappa shape index (κ3) is 5.74. The highest BCUT2D eigenvalue weighted by atomic mass is 16.5. The number of amides is 2. The first-order chi connectivity index (χ1) is 17.4. The molecule has 3 aromatic carbocycles. The van der Waals surface area contributed by atoms with Crippen LogP contribution in [0.2, 0.25) is 0 Å². The van der Waals surface area contributed by atoms with Gasteiger partial charge in [-0.1, -0.05) is 61.4 Å². The second-order valence-electron chi connectivity index (χ2n) is 9.06. The van der Waals surface area contributed by atoms with Crippen molar-refractivity contribution in [3.8, 4) is 16.9 Å². The Kier molecular flexibility index (Phi) is 7.68. The molecule has 0 radical (unpaired) electrons. The molecule has 7 nitrogen and oxygen atoms in total. The molecule has 1 saturated carbocycles. The molecule has 1 fully saturated rings. The fourth-order valence-corrected chi connectivity index (χ4v) is 4.66. The number of ketones is 1. The fraction of sp³-hybridized carbons (Fsp3) is 0.276. The first-order valence-electron chi connectivity index (χ1n) is 12.2. The van der Waals surface area contributed by atoms with Gasteiger partial charge in [-0.25, -0.2) is 4.79 Å². The van der Waals surface area contributed by atoms with Crippen molar-refractivity contribution in [2.24, 2.45) is 5.41 Å². The number of hydrogen-bond donors (Lipinski definition) is 3. The fourth-order valence-electron chi connectivity index (χ4n) is 4.66. The second-order valence-corrected chi connectivity index (χ2v) is 9.06. The second kappa shape index (κ2) is 11.1. The van der Waals surface area contributed by atoms with Gasteiger partial charge >= 0.3 is 12.0 Å². The van der Waals surface area contributed by atoms with Crippen LogP contribution in [-0.4, -0.2) is 29.5 Å². The summed E-state index contributed by atoms with van der Waals surface area (Å²) in [5.74, 6) is -0.401. The molecule has 0 spiro atoms. The number of nitrogens with one attached hydrogen (secondary N) is 2. The molecule has 36 heavy (non-hydrogen) atoms. The summed E-state index contributed by atoms with van der Waals surface area (Å²) in [4.78, 5) is 37.0. The van der Waals surface area contributed by atoms with Crippen LogP contribution in [-0.2, 0) is 4.79 Å². The Morgan fingerprint density at radius 2 is 1.47 bits per heavy atom. The number of urea groups is 1. The van der Waals surface area contributed by atoms with Crippen molar-refractivity contribution < 1.29 is 24.2 Å². The molecule has 0 aromatic heterocycles. The number of rotatable bonds is 9. The van der Waals surface area contributed by atoms with E-state index in [4.69, 9.17) is 4.74 Å². The van der Waals surface area contributed by atoms with E-state index in [9.17, 15) is 19.5 Å². The average Bonchev–Trinajstić information content (AvgIpc) is 3.36. The molecule has 3 N–H and O–H groups in total. The minimum Gasteiger partial charge on any atom is -0.492 e. The molecule has 7 heteroatoms. The number of carbonyl (C=O) groups is 3. The van der Waals surface area contributed by atoms with E-state index in [1.54, 1.807) is 36.4 Å². The molecule has 3 aromatic rings. The molecular weight excluding hydrogens is 456 g/mol. The first kappa shape index (κ1) is 25.0. The number of aliphatic carboxylic acids is 1. The summed E-state index contributed by atoms with van der Waals surface area (Å²) < 4.78 is 5.53. The highest BCUT2D eigenvalue weighted by Gasteiger charge is 2.42. The van der Waals surface area contributed by atoms with Crippen molar-refractivity contribution in [1.29, 1.82) is 0 Å². The maximum atomic E-state index is 12.8. The predicted octanol–water partition coefficient (Wildman–Crippen LogP) is 6.61. The minimum atomic E-state index is -0.921. The van der Waals surface area contributed by atoms with E-state index in [1.807, 2.05) is 43.3 Å². The molecular formula is C29H30N2O5. The van der Waals surface area contributed by atoms with E-state index < -0.39 is 11.4 Å². The Balaban J connectivity index is 1.37. The van der Waals surface area contributed by atoms with Gasteiger partial charge in [-0.2, -0.15) is 0 Å². The van der Waals surface area contributed by atoms with E-state index in [-0.39, 0.29) is 18.2 Å². The van der Waals surface area contributed by atoms with Gasteiger partial charge < -0.3 is 20.5 Å². The number of carboxylic acids is 1. The normalized spacial score (nSPS) is 14.1. The van der Waals surface area contributed by atoms with E-state index in [0.717, 1.165) is 24.0 Å². The number of carboxylic acid groups (broad SMARTS) is 1. The Morgan fingerprint density at radius 3 is 2.08 bits per heavy atom. The molecule has 186 valence electrons. The van der Waals surface area contributed by atoms with Gasteiger partial charge in [0, 0.05) is 17.7 Å². The monoisotopic (exact) mass is 486 g/mol. The standard InChI is InChI=1S/C29H30N2O5/c1-2-36-26-8-4-3-7-24(26)31-28(35)30-23-15-13-21(14-16-23)20-9-11-22(12-10-20)25(32)19-29(27(33)34)17-5-6-18-29/h3-4,7-16H,2,5-6,17-19H2,1H3,(H,33,34)(H2,30,31,35). The van der Waals surface area contributed by atoms with Gasteiger partial charge in [-0.3, -0.25) is 9.59 Å². The van der Waals surface area contributed by atoms with Gasteiger partial charge in [-0.05, 0) is 55.2 Å². The maximum absolute atomic E-state index is 12.8. The number of ether oxygens (including phenoxy) is 1. The lowest BCUT2D eigenvalue weighted by atomic mass is 9.80. The number of Topliss-reactive ketones (excluding diaryl/α,β-unsaturated/α-hetero) is 1. The Bertz CT molecular complexity index is 1230. The number of benzene rings is 3. The van der Waals surface area contributed by atoms with Gasteiger partial charge in [0.25, 0.3) is 0 Å². The topological polar surface area (TPSA) is 105 Å². The summed E-state index contributed by atoms with van der Waals surface area (Å²) in [6.07, 6.45) is 2.86. The van der Waals surface area contributed by atoms with Crippen LogP contribution >= 0.6 is 0 Å². The van der Waals surface area contributed by atoms with Crippen molar-refractivity contribution in [3.63, 3.8) is 0 Å². The van der Waals surface area contributed by atoms with Crippen LogP contribution in [0.1, 0.15) is 49.4 Å². The molecule has 0 atom stereocenters. The smallest absolute Gasteiger partial charge is 0.323 e. The zero-order valence-corrected chi connectivity index (χ0v) is 20.3. The average molecular weight is 487 g/mol. The molecule has 2 amide bonds. The van der Waals surface area contributed by atoms with Crippen molar-refractivity contribution in [1.82, 2.24) is 0 Å². The van der Waals surface area contributed by atoms with Crippen LogP contribution < -0.4 is 15.4 Å². The van der Waals surface area contributed by atoms with E-state index in [2.05, 4.69) is 10.6 Å². The summed E-state index contributed by atoms with van der Waals surface area (Å²) in [6.45, 7) is 2.38. The quantitative estimate of drug-likeness (QED) is 0.295. The highest BCUT2D eigenvalue weighted by Crippen LogP contribution is 2.42. The van der Waals surface area contributed by atoms with Gasteiger partial charge in [-0.15, -0.1) is 0 Å². The maximum Gasteiger partial charge on any atom is 0.323 e. The lowest BCUT2D eigenvalue weighted by Gasteiger charge is -2.22. The van der Waals surface area contributed by atoms with Crippen molar-refractivity contribution in [2.75, 3.05) is 17.2 Å². The summed E-state index contributed by atoms with van der Waals surface area (Å²) in [5, 5.41) is 15.3. The zero-order valence-electron chi connectivity index (χ0n) is 20.3. The van der Waals surface area contributed by atoms with Gasteiger partial charge in [0.05, 0.1) is 17.7 Å². The van der Waals surface area contributed by atoms with Crippen LogP contribution in [0.4, 0.5) is 16.2 Å². The molecule has 0 saturated heterocycles. The summed E-state index contributed by atoms with van der Waals surface area (Å²) in [6, 6.07) is 21.5. The van der Waals surface area contributed by atoms with E-state index in [1.165, 1.54) is 0 Å². The van der Waals surface area contributed by atoms with Crippen LogP contribution in [0.5, 0.6) is 5.75 Å². The number of anilines is 2. The largest absolute Gasteiger partial charge is 0.492 e. The number of para-hydroxylation sites is 2. The van der Waals surface area contributed by atoms with E-state index >= 15 is 0 Å². The summed E-state index contributed by atoms with van der Waals surface area (Å²) >= 11 is 0. The minimum absolute atomic E-state index is 0.0408. The lowest BCUT2D eigenvalue weighted by molar-refractivity contribution is -0.148. The molecule has 0 bridgehead atoms. The lowest BCUT2D eigenvalue weighted by Crippen LogP contribution is -2.30. The highest BCUT2D eigenvalue weighted by molar-refractivity contribution is 6.01. The van der Waals surface area contributed by atoms with Crippen LogP contribution in [0, 0.1) is 5.41 Å². The molecule has 0 aliphatic heterocycles. The summed E-state index contributed by atoms with van der Waals surface area (Å²) in [5.41, 5.74) is 2.67. The molecule has 0 unspecified atom stereocenters. The van der Waals surface area contributed by atoms with Gasteiger partial charge in [0.1, 0.15) is 5.75 Å². The molecule has 4 rings (SSSR count). The van der Waals surface area contributed by atoms with Gasteiger partial charge in [0.15, 0.2) is 5.78 Å². The van der Waals surface area contributed by atoms with E-state index in [0.29, 0.717) is 42.1 Å². The van der Waals surface area contributed by atoms with Crippen molar-refractivity contribution >= 4 is 29.2 Å². The van der Waals surface area contributed by atoms with Crippen molar-refractivity contribution in [3.05, 3.63) is 78.4 Å². The zero-order chi connectivity index (χ0) is 25.5. The van der Waals surface area contributed by atoms with Gasteiger partial charge in [0.2, 0.25) is 0 Å². The molecule has 1 aliphatic rings. The van der Waals surface area contributed by atoms with Crippen LogP contribution in [0.3, 0.4) is 0 Å². The van der Waals surface area contributed by atoms with Crippen molar-refractivity contribution in [2.45, 2.75) is 39.0 Å². The van der Waals surface area contributed by atoms with Crippen LogP contribution in [0.25, 0.3) is 11.1 Å². The SMILES string of the molecule is CCOc1ccccc1NC(=O)Nc1ccc(-c2ccc(C(=O)CC3(C(=O)O)CCCC3)cc2)cc1. The summed E-state index contributed by atoms with van der Waals surface area (Å²) in [7, 11) is 0. The Labute approximate surface area is 210 Å². The van der Waals surface area contributed by atoms with Crippen LogP contribution in [0.15, 0.2) is 72.8 Å². The molecule has 1 aliphatic carbocycles. The third-order valence-electron chi connectivity index (χ3n) is 6.63. The Hall–Kier alpha value is -4.13.